The number of nitrogens with one attached hydrogen (secondary N) is 2. The molecule has 0 saturated carbocycles. The number of morpholine rings is 1. The van der Waals surface area contributed by atoms with Crippen LogP contribution in [0.4, 0.5) is 0 Å². The van der Waals surface area contributed by atoms with Gasteiger partial charge in [-0.2, -0.15) is 0 Å². The molecule has 2 heterocycles. The minimum Gasteiger partial charge on any atom is -0.492 e. The van der Waals surface area contributed by atoms with E-state index < -0.39 is 0 Å². The number of para-hydroxylation sites is 1. The molecule has 2 N–H and O–H groups in total. The largest absolute Gasteiger partial charge is 0.492 e. The van der Waals surface area contributed by atoms with Crippen LogP contribution in [0.3, 0.4) is 0 Å². The molecule has 0 aliphatic carbocycles. The van der Waals surface area contributed by atoms with E-state index in [4.69, 9.17) is 9.47 Å². The zero-order valence-corrected chi connectivity index (χ0v) is 14.1. The first-order valence-corrected chi connectivity index (χ1v) is 8.82. The summed E-state index contributed by atoms with van der Waals surface area (Å²) >= 11 is 0. The minimum atomic E-state index is 0.0967. The third kappa shape index (κ3) is 4.93. The first-order chi connectivity index (χ1) is 11.8. The maximum Gasteiger partial charge on any atom is 0.224 e. The molecular formula is C18H27N3O3. The summed E-state index contributed by atoms with van der Waals surface area (Å²) in [5, 5.41) is 6.26. The van der Waals surface area contributed by atoms with Gasteiger partial charge in [0, 0.05) is 38.3 Å². The smallest absolute Gasteiger partial charge is 0.224 e. The number of rotatable bonds is 7. The van der Waals surface area contributed by atoms with Crippen molar-refractivity contribution < 1.29 is 14.3 Å². The number of benzene rings is 1. The van der Waals surface area contributed by atoms with E-state index in [-0.39, 0.29) is 11.8 Å². The van der Waals surface area contributed by atoms with Gasteiger partial charge in [0.1, 0.15) is 12.4 Å². The summed E-state index contributed by atoms with van der Waals surface area (Å²) in [6.45, 7) is 7.32. The Morgan fingerprint density at radius 2 is 2.17 bits per heavy atom. The van der Waals surface area contributed by atoms with Gasteiger partial charge in [-0.15, -0.1) is 0 Å². The van der Waals surface area contributed by atoms with Gasteiger partial charge < -0.3 is 20.1 Å². The van der Waals surface area contributed by atoms with Crippen LogP contribution in [0, 0.1) is 5.92 Å². The summed E-state index contributed by atoms with van der Waals surface area (Å²) in [6.07, 6.45) is 0.920. The Kier molecular flexibility index (Phi) is 6.46. The average molecular weight is 333 g/mol. The predicted octanol–water partition coefficient (Wildman–Crippen LogP) is 0.623. The quantitative estimate of drug-likeness (QED) is 0.766. The van der Waals surface area contributed by atoms with Gasteiger partial charge in [-0.1, -0.05) is 18.2 Å². The summed E-state index contributed by atoms with van der Waals surface area (Å²) in [4.78, 5) is 14.5. The van der Waals surface area contributed by atoms with Crippen LogP contribution in [-0.2, 0) is 16.1 Å². The molecule has 2 saturated heterocycles. The van der Waals surface area contributed by atoms with Crippen LogP contribution in [0.2, 0.25) is 0 Å². The van der Waals surface area contributed by atoms with Crippen molar-refractivity contribution >= 4 is 5.91 Å². The molecule has 0 aromatic heterocycles. The Hall–Kier alpha value is -1.63. The Labute approximate surface area is 143 Å². The fraction of sp³-hybridized carbons (Fsp3) is 0.611. The number of ether oxygens (including phenoxy) is 2. The highest BCUT2D eigenvalue weighted by Crippen LogP contribution is 2.18. The average Bonchev–Trinajstić information content (AvgIpc) is 3.16. The van der Waals surface area contributed by atoms with Crippen molar-refractivity contribution in [2.75, 3.05) is 52.5 Å². The summed E-state index contributed by atoms with van der Waals surface area (Å²) in [5.41, 5.74) is 1.03. The number of hydrogen-bond donors (Lipinski definition) is 2. The Balaban J connectivity index is 1.46. The second-order valence-corrected chi connectivity index (χ2v) is 6.32. The molecule has 6 heteroatoms. The number of hydrogen-bond acceptors (Lipinski definition) is 5. The van der Waals surface area contributed by atoms with Crippen LogP contribution in [0.5, 0.6) is 5.75 Å². The molecule has 6 nitrogen and oxygen atoms in total. The van der Waals surface area contributed by atoms with Gasteiger partial charge in [0.15, 0.2) is 0 Å². The van der Waals surface area contributed by atoms with E-state index in [2.05, 4.69) is 15.5 Å². The molecule has 2 aliphatic rings. The van der Waals surface area contributed by atoms with Gasteiger partial charge in [-0.25, -0.2) is 0 Å². The molecule has 1 aromatic rings. The molecule has 0 bridgehead atoms. The third-order valence-corrected chi connectivity index (χ3v) is 4.63. The number of amides is 1. The zero-order valence-electron chi connectivity index (χ0n) is 14.1. The maximum atomic E-state index is 12.1. The Bertz CT molecular complexity index is 526. The molecule has 24 heavy (non-hydrogen) atoms. The van der Waals surface area contributed by atoms with Gasteiger partial charge in [0.05, 0.1) is 19.1 Å². The van der Waals surface area contributed by atoms with E-state index in [9.17, 15) is 4.79 Å². The summed E-state index contributed by atoms with van der Waals surface area (Å²) < 4.78 is 11.3. The summed E-state index contributed by atoms with van der Waals surface area (Å²) in [6, 6.07) is 7.93. The van der Waals surface area contributed by atoms with Gasteiger partial charge >= 0.3 is 0 Å². The molecule has 0 spiro atoms. The first-order valence-electron chi connectivity index (χ1n) is 8.82. The van der Waals surface area contributed by atoms with Crippen molar-refractivity contribution in [3.63, 3.8) is 0 Å². The molecular weight excluding hydrogens is 306 g/mol. The molecule has 2 fully saturated rings. The monoisotopic (exact) mass is 333 g/mol. The standard InChI is InChI=1S/C18H27N3O3/c22-18(16-5-6-19-13-16)20-14-15-3-1-2-4-17(15)24-12-9-21-7-10-23-11-8-21/h1-4,16,19H,5-14H2,(H,20,22). The van der Waals surface area contributed by atoms with Crippen LogP contribution in [0.1, 0.15) is 12.0 Å². The Morgan fingerprint density at radius 3 is 2.96 bits per heavy atom. The van der Waals surface area contributed by atoms with Gasteiger partial charge in [0.2, 0.25) is 5.91 Å². The van der Waals surface area contributed by atoms with Crippen LogP contribution >= 0.6 is 0 Å². The number of carbonyl (C=O) groups is 1. The maximum absolute atomic E-state index is 12.1. The van der Waals surface area contributed by atoms with E-state index in [0.29, 0.717) is 13.2 Å². The van der Waals surface area contributed by atoms with Crippen molar-refractivity contribution in [3.8, 4) is 5.75 Å². The van der Waals surface area contributed by atoms with Gasteiger partial charge in [-0.05, 0) is 19.0 Å². The van der Waals surface area contributed by atoms with Crippen molar-refractivity contribution in [2.24, 2.45) is 5.92 Å². The predicted molar refractivity (Wildman–Crippen MR) is 92.0 cm³/mol. The van der Waals surface area contributed by atoms with Crippen LogP contribution in [-0.4, -0.2) is 63.4 Å². The molecule has 3 rings (SSSR count). The normalized spacial score (nSPS) is 21.6. The van der Waals surface area contributed by atoms with E-state index in [1.807, 2.05) is 24.3 Å². The molecule has 2 aliphatic heterocycles. The van der Waals surface area contributed by atoms with Crippen LogP contribution < -0.4 is 15.4 Å². The fourth-order valence-electron chi connectivity index (χ4n) is 3.11. The first kappa shape index (κ1) is 17.2. The van der Waals surface area contributed by atoms with Crippen molar-refractivity contribution in [2.45, 2.75) is 13.0 Å². The van der Waals surface area contributed by atoms with E-state index in [1.165, 1.54) is 0 Å². The van der Waals surface area contributed by atoms with E-state index >= 15 is 0 Å². The second-order valence-electron chi connectivity index (χ2n) is 6.32. The summed E-state index contributed by atoms with van der Waals surface area (Å²) in [7, 11) is 0. The highest BCUT2D eigenvalue weighted by atomic mass is 16.5. The van der Waals surface area contributed by atoms with Gasteiger partial charge in [0.25, 0.3) is 0 Å². The molecule has 1 atom stereocenters. The summed E-state index contributed by atoms with van der Waals surface area (Å²) in [5.74, 6) is 1.08. The fourth-order valence-corrected chi connectivity index (χ4v) is 3.11. The molecule has 1 unspecified atom stereocenters. The molecule has 0 radical (unpaired) electrons. The highest BCUT2D eigenvalue weighted by Gasteiger charge is 2.22. The lowest BCUT2D eigenvalue weighted by molar-refractivity contribution is -0.124. The lowest BCUT2D eigenvalue weighted by Crippen LogP contribution is -2.38. The SMILES string of the molecule is O=C(NCc1ccccc1OCCN1CCOCC1)C1CCNC1. The molecule has 132 valence electrons. The minimum absolute atomic E-state index is 0.0967. The van der Waals surface area contributed by atoms with Crippen LogP contribution in [0.25, 0.3) is 0 Å². The second kappa shape index (κ2) is 9.01. The van der Waals surface area contributed by atoms with Crippen molar-refractivity contribution in [1.82, 2.24) is 15.5 Å². The van der Waals surface area contributed by atoms with E-state index in [1.54, 1.807) is 0 Å². The number of nitrogens with zero attached hydrogens (tertiary/aromatic N) is 1. The lowest BCUT2D eigenvalue weighted by atomic mass is 10.1. The zero-order chi connectivity index (χ0) is 16.6. The third-order valence-electron chi connectivity index (χ3n) is 4.63. The van der Waals surface area contributed by atoms with Crippen LogP contribution in [0.15, 0.2) is 24.3 Å². The highest BCUT2D eigenvalue weighted by molar-refractivity contribution is 5.79. The van der Waals surface area contributed by atoms with E-state index in [0.717, 1.165) is 63.7 Å². The lowest BCUT2D eigenvalue weighted by Gasteiger charge is -2.26. The number of carbonyl (C=O) groups excluding carboxylic acids is 1. The molecule has 1 aromatic carbocycles. The van der Waals surface area contributed by atoms with Crippen molar-refractivity contribution in [1.29, 1.82) is 0 Å². The molecule has 1 amide bonds. The Morgan fingerprint density at radius 1 is 1.33 bits per heavy atom. The topological polar surface area (TPSA) is 62.8 Å². The van der Waals surface area contributed by atoms with Crippen molar-refractivity contribution in [3.05, 3.63) is 29.8 Å². The van der Waals surface area contributed by atoms with Gasteiger partial charge in [-0.3, -0.25) is 9.69 Å².